The van der Waals surface area contributed by atoms with Gasteiger partial charge in [0.25, 0.3) is 5.56 Å². The molecule has 0 aliphatic carbocycles. The number of amides is 2. The maximum absolute atomic E-state index is 12.8. The van der Waals surface area contributed by atoms with Crippen molar-refractivity contribution in [3.05, 3.63) is 47.0 Å². The lowest BCUT2D eigenvalue weighted by atomic mass is 9.96. The second kappa shape index (κ2) is 6.86. The number of nitrogens with zero attached hydrogens (tertiary/aromatic N) is 4. The van der Waals surface area contributed by atoms with E-state index >= 15 is 0 Å². The van der Waals surface area contributed by atoms with E-state index in [1.54, 1.807) is 21.7 Å². The van der Waals surface area contributed by atoms with Gasteiger partial charge in [-0.2, -0.15) is 0 Å². The summed E-state index contributed by atoms with van der Waals surface area (Å²) in [4.78, 5) is 42.8. The van der Waals surface area contributed by atoms with E-state index in [0.29, 0.717) is 37.1 Å². The minimum absolute atomic E-state index is 0.0239. The van der Waals surface area contributed by atoms with Crippen LogP contribution in [0.3, 0.4) is 0 Å². The normalized spacial score (nSPS) is 15.5. The van der Waals surface area contributed by atoms with Crippen LogP contribution >= 0.6 is 0 Å². The number of likely N-dealkylation sites (tertiary alicyclic amines) is 1. The topological polar surface area (TPSA) is 103 Å². The van der Waals surface area contributed by atoms with Crippen LogP contribution in [0.2, 0.25) is 0 Å². The molecule has 1 fully saturated rings. The maximum Gasteiger partial charge on any atom is 0.276 e. The standard InChI is InChI=1S/C19H21N5O3/c20-17(26)13-5-10-22(11-6-13)16(25)7-12-24-18-14(3-1-8-21-18)23-9-2-4-15(23)19(24)27/h1-4,8-9,13H,5-7,10-12H2,(H2,20,26). The summed E-state index contributed by atoms with van der Waals surface area (Å²) in [6, 6.07) is 7.32. The van der Waals surface area contributed by atoms with Gasteiger partial charge in [-0.15, -0.1) is 0 Å². The zero-order chi connectivity index (χ0) is 19.0. The molecule has 0 bridgehead atoms. The highest BCUT2D eigenvalue weighted by atomic mass is 16.2. The number of piperidine rings is 1. The van der Waals surface area contributed by atoms with Crippen molar-refractivity contribution in [1.29, 1.82) is 0 Å². The van der Waals surface area contributed by atoms with Gasteiger partial charge in [-0.05, 0) is 37.1 Å². The predicted molar refractivity (Wildman–Crippen MR) is 100 cm³/mol. The van der Waals surface area contributed by atoms with Gasteiger partial charge in [0.1, 0.15) is 5.52 Å². The lowest BCUT2D eigenvalue weighted by molar-refractivity contribution is -0.135. The van der Waals surface area contributed by atoms with E-state index in [2.05, 4.69) is 4.98 Å². The fraction of sp³-hybridized carbons (Fsp3) is 0.368. The molecule has 0 spiro atoms. The Kier molecular flexibility index (Phi) is 4.39. The molecular formula is C19H21N5O3. The zero-order valence-corrected chi connectivity index (χ0v) is 14.9. The molecule has 0 saturated carbocycles. The van der Waals surface area contributed by atoms with Gasteiger partial charge in [-0.25, -0.2) is 4.98 Å². The number of primary amides is 1. The molecule has 4 rings (SSSR count). The fourth-order valence-electron chi connectivity index (χ4n) is 3.77. The zero-order valence-electron chi connectivity index (χ0n) is 14.9. The minimum Gasteiger partial charge on any atom is -0.369 e. The Balaban J connectivity index is 1.55. The van der Waals surface area contributed by atoms with Gasteiger partial charge in [-0.1, -0.05) is 0 Å². The summed E-state index contributed by atoms with van der Waals surface area (Å²) in [6.07, 6.45) is 4.89. The molecule has 8 heteroatoms. The van der Waals surface area contributed by atoms with Crippen LogP contribution < -0.4 is 11.3 Å². The number of carbonyl (C=O) groups is 2. The van der Waals surface area contributed by atoms with E-state index < -0.39 is 0 Å². The van der Waals surface area contributed by atoms with Crippen LogP contribution in [0.25, 0.3) is 16.7 Å². The highest BCUT2D eigenvalue weighted by molar-refractivity contribution is 5.79. The molecule has 0 aromatic carbocycles. The summed E-state index contributed by atoms with van der Waals surface area (Å²) in [5, 5.41) is 0. The van der Waals surface area contributed by atoms with Crippen LogP contribution in [-0.2, 0) is 16.1 Å². The number of hydrogen-bond acceptors (Lipinski definition) is 4. The number of pyridine rings is 1. The summed E-state index contributed by atoms with van der Waals surface area (Å²) in [5.41, 5.74) is 7.13. The van der Waals surface area contributed by atoms with Gasteiger partial charge in [0.2, 0.25) is 11.8 Å². The van der Waals surface area contributed by atoms with Crippen molar-refractivity contribution in [3.63, 3.8) is 0 Å². The number of carbonyl (C=O) groups excluding carboxylic acids is 2. The molecule has 27 heavy (non-hydrogen) atoms. The lowest BCUT2D eigenvalue weighted by Gasteiger charge is -2.30. The third-order valence-electron chi connectivity index (χ3n) is 5.29. The molecule has 0 radical (unpaired) electrons. The van der Waals surface area contributed by atoms with E-state index in [0.717, 1.165) is 5.52 Å². The molecule has 8 nitrogen and oxygen atoms in total. The van der Waals surface area contributed by atoms with Crippen LogP contribution in [-0.4, -0.2) is 43.8 Å². The van der Waals surface area contributed by atoms with E-state index in [1.807, 2.05) is 28.8 Å². The first-order valence-electron chi connectivity index (χ1n) is 9.08. The summed E-state index contributed by atoms with van der Waals surface area (Å²) >= 11 is 0. The van der Waals surface area contributed by atoms with Gasteiger partial charge in [0.15, 0.2) is 5.65 Å². The number of fused-ring (bicyclic) bond motifs is 3. The van der Waals surface area contributed by atoms with Crippen LogP contribution in [0.4, 0.5) is 0 Å². The van der Waals surface area contributed by atoms with Crippen LogP contribution in [0.5, 0.6) is 0 Å². The average molecular weight is 367 g/mol. The average Bonchev–Trinajstić information content (AvgIpc) is 3.18. The van der Waals surface area contributed by atoms with Crippen molar-refractivity contribution in [2.24, 2.45) is 11.7 Å². The molecule has 1 aliphatic rings. The van der Waals surface area contributed by atoms with Crippen LogP contribution in [0.1, 0.15) is 19.3 Å². The molecule has 1 saturated heterocycles. The Labute approximate surface area is 155 Å². The molecule has 2 N–H and O–H groups in total. The Bertz CT molecular complexity index is 1080. The number of nitrogens with two attached hydrogens (primary N) is 1. The van der Waals surface area contributed by atoms with E-state index in [-0.39, 0.29) is 36.3 Å². The smallest absolute Gasteiger partial charge is 0.276 e. The Morgan fingerprint density at radius 1 is 1.15 bits per heavy atom. The number of aromatic nitrogens is 3. The Hall–Kier alpha value is -3.16. The van der Waals surface area contributed by atoms with E-state index in [9.17, 15) is 14.4 Å². The second-order valence-electron chi connectivity index (χ2n) is 6.87. The number of aryl methyl sites for hydroxylation is 1. The number of hydrogen-bond donors (Lipinski definition) is 1. The van der Waals surface area contributed by atoms with E-state index in [1.165, 1.54) is 0 Å². The van der Waals surface area contributed by atoms with Crippen molar-refractivity contribution >= 4 is 28.5 Å². The third-order valence-corrected chi connectivity index (χ3v) is 5.29. The number of rotatable bonds is 4. The van der Waals surface area contributed by atoms with E-state index in [4.69, 9.17) is 5.73 Å². The Morgan fingerprint density at radius 3 is 2.63 bits per heavy atom. The van der Waals surface area contributed by atoms with Gasteiger partial charge >= 0.3 is 0 Å². The van der Waals surface area contributed by atoms with Crippen LogP contribution in [0.15, 0.2) is 41.5 Å². The predicted octanol–water partition coefficient (Wildman–Crippen LogP) is 0.763. The molecule has 3 aromatic rings. The van der Waals surface area contributed by atoms with Crippen molar-refractivity contribution in [2.45, 2.75) is 25.8 Å². The molecule has 0 atom stereocenters. The highest BCUT2D eigenvalue weighted by Gasteiger charge is 2.25. The largest absolute Gasteiger partial charge is 0.369 e. The van der Waals surface area contributed by atoms with Crippen LogP contribution in [0, 0.1) is 5.92 Å². The summed E-state index contributed by atoms with van der Waals surface area (Å²) in [7, 11) is 0. The molecular weight excluding hydrogens is 346 g/mol. The summed E-state index contributed by atoms with van der Waals surface area (Å²) in [6.45, 7) is 1.32. The summed E-state index contributed by atoms with van der Waals surface area (Å²) in [5.74, 6) is -0.475. The first-order chi connectivity index (χ1) is 13.1. The molecule has 0 unspecified atom stereocenters. The lowest BCUT2D eigenvalue weighted by Crippen LogP contribution is -2.42. The van der Waals surface area contributed by atoms with Gasteiger partial charge in [0.05, 0.1) is 5.52 Å². The molecule has 2 amide bonds. The third kappa shape index (κ3) is 3.07. The summed E-state index contributed by atoms with van der Waals surface area (Å²) < 4.78 is 3.39. The molecule has 3 aromatic heterocycles. The van der Waals surface area contributed by atoms with Crippen molar-refractivity contribution in [1.82, 2.24) is 18.9 Å². The van der Waals surface area contributed by atoms with Crippen molar-refractivity contribution in [2.75, 3.05) is 13.1 Å². The van der Waals surface area contributed by atoms with Crippen molar-refractivity contribution in [3.8, 4) is 0 Å². The fourth-order valence-corrected chi connectivity index (χ4v) is 3.77. The van der Waals surface area contributed by atoms with Gasteiger partial charge < -0.3 is 15.0 Å². The first kappa shape index (κ1) is 17.3. The second-order valence-corrected chi connectivity index (χ2v) is 6.87. The molecule has 4 heterocycles. The molecule has 1 aliphatic heterocycles. The molecule has 140 valence electrons. The van der Waals surface area contributed by atoms with Crippen molar-refractivity contribution < 1.29 is 9.59 Å². The Morgan fingerprint density at radius 2 is 1.89 bits per heavy atom. The quantitative estimate of drug-likeness (QED) is 0.735. The highest BCUT2D eigenvalue weighted by Crippen LogP contribution is 2.18. The van der Waals surface area contributed by atoms with Gasteiger partial charge in [-0.3, -0.25) is 19.0 Å². The monoisotopic (exact) mass is 367 g/mol. The van der Waals surface area contributed by atoms with Gasteiger partial charge in [0, 0.05) is 44.4 Å². The minimum atomic E-state index is -0.299. The SMILES string of the molecule is NC(=O)C1CCN(C(=O)CCn2c(=O)c3cccn3c3cccnc32)CC1. The first-order valence-corrected chi connectivity index (χ1v) is 9.08. The maximum atomic E-state index is 12.8.